The van der Waals surface area contributed by atoms with Crippen molar-refractivity contribution in [1.82, 2.24) is 5.32 Å². The molecule has 3 heteroatoms. The van der Waals surface area contributed by atoms with Gasteiger partial charge in [0.25, 0.3) is 0 Å². The van der Waals surface area contributed by atoms with Gasteiger partial charge in [-0.3, -0.25) is 4.79 Å². The minimum Gasteiger partial charge on any atom is -0.350 e. The first kappa shape index (κ1) is 16.2. The zero-order valence-corrected chi connectivity index (χ0v) is 13.3. The lowest BCUT2D eigenvalue weighted by molar-refractivity contribution is -0.121. The second-order valence-electron chi connectivity index (χ2n) is 5.72. The summed E-state index contributed by atoms with van der Waals surface area (Å²) in [7, 11) is 0. The number of carbonyl (C=O) groups is 1. The molecular formula is C19H22FNO. The van der Waals surface area contributed by atoms with E-state index in [0.29, 0.717) is 12.0 Å². The summed E-state index contributed by atoms with van der Waals surface area (Å²) in [5, 5.41) is 2.97. The predicted molar refractivity (Wildman–Crippen MR) is 87.2 cm³/mol. The standard InChI is InChI=1S/C19H22FNO/c1-13-8-9-17(12-14(13)2)15(3)21-19(22)11-10-16-6-4-5-7-18(16)20/h4-9,12,15H,10-11H2,1-3H3,(H,21,22)/t15-/m0/s1. The maximum absolute atomic E-state index is 13.5. The molecule has 116 valence electrons. The van der Waals surface area contributed by atoms with E-state index in [1.807, 2.05) is 13.0 Å². The Bertz CT molecular complexity index is 666. The van der Waals surface area contributed by atoms with Gasteiger partial charge in [0.05, 0.1) is 6.04 Å². The van der Waals surface area contributed by atoms with E-state index in [4.69, 9.17) is 0 Å². The zero-order valence-electron chi connectivity index (χ0n) is 13.3. The molecule has 0 saturated heterocycles. The molecule has 0 unspecified atom stereocenters. The van der Waals surface area contributed by atoms with Gasteiger partial charge in [-0.05, 0) is 55.5 Å². The van der Waals surface area contributed by atoms with Crippen molar-refractivity contribution in [2.24, 2.45) is 0 Å². The Labute approximate surface area is 131 Å². The minimum atomic E-state index is -0.252. The largest absolute Gasteiger partial charge is 0.350 e. The Hall–Kier alpha value is -2.16. The van der Waals surface area contributed by atoms with Gasteiger partial charge in [-0.1, -0.05) is 36.4 Å². The molecule has 0 radical (unpaired) electrons. The Kier molecular flexibility index (Phi) is 5.31. The molecule has 0 heterocycles. The van der Waals surface area contributed by atoms with Gasteiger partial charge in [0, 0.05) is 6.42 Å². The topological polar surface area (TPSA) is 29.1 Å². The Morgan fingerprint density at radius 3 is 2.55 bits per heavy atom. The predicted octanol–water partition coefficient (Wildman–Crippen LogP) is 4.25. The lowest BCUT2D eigenvalue weighted by atomic mass is 10.0. The third-order valence-corrected chi connectivity index (χ3v) is 3.99. The third kappa shape index (κ3) is 4.17. The van der Waals surface area contributed by atoms with Crippen molar-refractivity contribution in [3.05, 3.63) is 70.5 Å². The molecule has 0 saturated carbocycles. The molecule has 2 aromatic carbocycles. The van der Waals surface area contributed by atoms with Crippen LogP contribution in [0.2, 0.25) is 0 Å². The molecule has 0 aliphatic rings. The summed E-state index contributed by atoms with van der Waals surface area (Å²) in [6.07, 6.45) is 0.703. The minimum absolute atomic E-state index is 0.0487. The number of benzene rings is 2. The fraction of sp³-hybridized carbons (Fsp3) is 0.316. The van der Waals surface area contributed by atoms with Crippen molar-refractivity contribution in [1.29, 1.82) is 0 Å². The lowest BCUT2D eigenvalue weighted by Crippen LogP contribution is -2.27. The average molecular weight is 299 g/mol. The lowest BCUT2D eigenvalue weighted by Gasteiger charge is -2.16. The van der Waals surface area contributed by atoms with Gasteiger partial charge in [-0.25, -0.2) is 4.39 Å². The number of nitrogens with one attached hydrogen (secondary N) is 1. The molecule has 0 spiro atoms. The average Bonchev–Trinajstić information content (AvgIpc) is 2.49. The van der Waals surface area contributed by atoms with E-state index >= 15 is 0 Å². The zero-order chi connectivity index (χ0) is 16.1. The van der Waals surface area contributed by atoms with Crippen LogP contribution in [0.1, 0.15) is 41.6 Å². The van der Waals surface area contributed by atoms with Gasteiger partial charge >= 0.3 is 0 Å². The van der Waals surface area contributed by atoms with E-state index in [9.17, 15) is 9.18 Å². The molecule has 0 aliphatic heterocycles. The van der Waals surface area contributed by atoms with Gasteiger partial charge in [0.1, 0.15) is 5.82 Å². The van der Waals surface area contributed by atoms with Crippen molar-refractivity contribution >= 4 is 5.91 Å². The van der Waals surface area contributed by atoms with Crippen LogP contribution in [0.25, 0.3) is 0 Å². The normalized spacial score (nSPS) is 12.0. The first-order valence-corrected chi connectivity index (χ1v) is 7.57. The van der Waals surface area contributed by atoms with E-state index in [2.05, 4.69) is 31.3 Å². The number of aryl methyl sites for hydroxylation is 3. The molecule has 1 amide bonds. The first-order chi connectivity index (χ1) is 10.5. The van der Waals surface area contributed by atoms with Crippen molar-refractivity contribution in [3.8, 4) is 0 Å². The van der Waals surface area contributed by atoms with Crippen LogP contribution in [0.15, 0.2) is 42.5 Å². The highest BCUT2D eigenvalue weighted by molar-refractivity contribution is 5.76. The molecule has 22 heavy (non-hydrogen) atoms. The van der Waals surface area contributed by atoms with E-state index in [-0.39, 0.29) is 24.2 Å². The van der Waals surface area contributed by atoms with Gasteiger partial charge in [-0.15, -0.1) is 0 Å². The molecule has 2 aromatic rings. The van der Waals surface area contributed by atoms with Gasteiger partial charge in [-0.2, -0.15) is 0 Å². The number of carbonyl (C=O) groups excluding carboxylic acids is 1. The van der Waals surface area contributed by atoms with Crippen LogP contribution >= 0.6 is 0 Å². The summed E-state index contributed by atoms with van der Waals surface area (Å²) in [6.45, 7) is 6.09. The quantitative estimate of drug-likeness (QED) is 0.878. The number of hydrogen-bond donors (Lipinski definition) is 1. The van der Waals surface area contributed by atoms with E-state index in [0.717, 1.165) is 5.56 Å². The van der Waals surface area contributed by atoms with Crippen LogP contribution < -0.4 is 5.32 Å². The number of halogens is 1. The van der Waals surface area contributed by atoms with Crippen molar-refractivity contribution in [2.75, 3.05) is 0 Å². The van der Waals surface area contributed by atoms with Gasteiger partial charge in [0.2, 0.25) is 5.91 Å². The van der Waals surface area contributed by atoms with E-state index < -0.39 is 0 Å². The second kappa shape index (κ2) is 7.21. The van der Waals surface area contributed by atoms with Crippen LogP contribution in [0, 0.1) is 19.7 Å². The summed E-state index contributed by atoms with van der Waals surface area (Å²) >= 11 is 0. The van der Waals surface area contributed by atoms with Crippen LogP contribution in [0.4, 0.5) is 4.39 Å². The smallest absolute Gasteiger partial charge is 0.220 e. The van der Waals surface area contributed by atoms with Gasteiger partial charge in [0.15, 0.2) is 0 Å². The molecule has 0 bridgehead atoms. The molecular weight excluding hydrogens is 277 g/mol. The van der Waals surface area contributed by atoms with Crippen molar-refractivity contribution in [3.63, 3.8) is 0 Å². The van der Waals surface area contributed by atoms with Crippen molar-refractivity contribution < 1.29 is 9.18 Å². The molecule has 1 N–H and O–H groups in total. The molecule has 0 aromatic heterocycles. The first-order valence-electron chi connectivity index (χ1n) is 7.57. The van der Waals surface area contributed by atoms with Crippen LogP contribution in [-0.4, -0.2) is 5.91 Å². The van der Waals surface area contributed by atoms with E-state index in [1.165, 1.54) is 17.2 Å². The Balaban J connectivity index is 1.91. The maximum Gasteiger partial charge on any atom is 0.220 e. The molecule has 1 atom stereocenters. The summed E-state index contributed by atoms with van der Waals surface area (Å²) in [5.74, 6) is -0.313. The molecule has 2 nitrogen and oxygen atoms in total. The summed E-state index contributed by atoms with van der Waals surface area (Å²) in [6, 6.07) is 12.7. The maximum atomic E-state index is 13.5. The molecule has 0 fully saturated rings. The Morgan fingerprint density at radius 1 is 1.14 bits per heavy atom. The molecule has 0 aliphatic carbocycles. The summed E-state index contributed by atoms with van der Waals surface area (Å²) < 4.78 is 13.5. The monoisotopic (exact) mass is 299 g/mol. The Morgan fingerprint density at radius 2 is 1.86 bits per heavy atom. The summed E-state index contributed by atoms with van der Waals surface area (Å²) in [4.78, 5) is 12.0. The third-order valence-electron chi connectivity index (χ3n) is 3.99. The fourth-order valence-corrected chi connectivity index (χ4v) is 2.38. The van der Waals surface area contributed by atoms with E-state index in [1.54, 1.807) is 18.2 Å². The van der Waals surface area contributed by atoms with Crippen molar-refractivity contribution in [2.45, 2.75) is 39.7 Å². The highest BCUT2D eigenvalue weighted by Crippen LogP contribution is 2.17. The summed E-state index contributed by atoms with van der Waals surface area (Å²) in [5.41, 5.74) is 4.12. The second-order valence-corrected chi connectivity index (χ2v) is 5.72. The van der Waals surface area contributed by atoms with Gasteiger partial charge < -0.3 is 5.32 Å². The van der Waals surface area contributed by atoms with Crippen LogP contribution in [0.3, 0.4) is 0 Å². The number of rotatable bonds is 5. The van der Waals surface area contributed by atoms with Crippen LogP contribution in [0.5, 0.6) is 0 Å². The highest BCUT2D eigenvalue weighted by atomic mass is 19.1. The SMILES string of the molecule is Cc1ccc([C@H](C)NC(=O)CCc2ccccc2F)cc1C. The molecule has 2 rings (SSSR count). The fourth-order valence-electron chi connectivity index (χ4n) is 2.38. The van der Waals surface area contributed by atoms with Crippen LogP contribution in [-0.2, 0) is 11.2 Å². The number of amides is 1. The number of hydrogen-bond acceptors (Lipinski definition) is 1. The highest BCUT2D eigenvalue weighted by Gasteiger charge is 2.11.